The molecule has 0 saturated carbocycles. The minimum Gasteiger partial charge on any atom is -0.497 e. The molecule has 0 aliphatic carbocycles. The summed E-state index contributed by atoms with van der Waals surface area (Å²) in [6.07, 6.45) is 0.524. The van der Waals surface area contributed by atoms with Crippen LogP contribution in [0.15, 0.2) is 39.5 Å². The Bertz CT molecular complexity index is 1100. The fourth-order valence-electron chi connectivity index (χ4n) is 2.81. The summed E-state index contributed by atoms with van der Waals surface area (Å²) >= 11 is 0. The normalized spacial score (nSPS) is 10.7. The molecule has 2 amide bonds. The lowest BCUT2D eigenvalue weighted by molar-refractivity contribution is 0.0947. The van der Waals surface area contributed by atoms with Crippen LogP contribution in [0.3, 0.4) is 0 Å². The maximum absolute atomic E-state index is 12.5. The van der Waals surface area contributed by atoms with E-state index in [1.807, 2.05) is 6.92 Å². The lowest BCUT2D eigenvalue weighted by Gasteiger charge is -2.08. The highest BCUT2D eigenvalue weighted by atomic mass is 16.5. The number of ether oxygens (including phenoxy) is 1. The average molecular weight is 398 g/mol. The molecule has 29 heavy (non-hydrogen) atoms. The molecule has 0 atom stereocenters. The standard InChI is InChI=1S/C20H22N4O5/c1-12-9-16(23-24(12)2)20(27)22-8-4-7-21-19(26)15-11-18(25)29-17-10-13(28-3)5-6-14(15)17/h5-6,9-11H,4,7-8H2,1-3H3,(H,21,26)(H,22,27). The van der Waals surface area contributed by atoms with Crippen LogP contribution >= 0.6 is 0 Å². The lowest BCUT2D eigenvalue weighted by atomic mass is 10.1. The smallest absolute Gasteiger partial charge is 0.337 e. The number of carbonyl (C=O) groups is 2. The predicted octanol–water partition coefficient (Wildman–Crippen LogP) is 1.39. The molecule has 152 valence electrons. The molecule has 9 heteroatoms. The summed E-state index contributed by atoms with van der Waals surface area (Å²) in [6.45, 7) is 2.57. The van der Waals surface area contributed by atoms with Crippen LogP contribution in [0.5, 0.6) is 5.75 Å². The van der Waals surface area contributed by atoms with Gasteiger partial charge in [-0.2, -0.15) is 5.10 Å². The molecule has 0 unspecified atom stereocenters. The van der Waals surface area contributed by atoms with Gasteiger partial charge >= 0.3 is 5.63 Å². The first kappa shape index (κ1) is 20.1. The van der Waals surface area contributed by atoms with E-state index < -0.39 is 5.63 Å². The van der Waals surface area contributed by atoms with Gasteiger partial charge in [0.05, 0.1) is 12.7 Å². The van der Waals surface area contributed by atoms with Gasteiger partial charge in [0, 0.05) is 43.4 Å². The molecule has 0 bridgehead atoms. The van der Waals surface area contributed by atoms with Crippen molar-refractivity contribution >= 4 is 22.8 Å². The van der Waals surface area contributed by atoms with Crippen LogP contribution in [0, 0.1) is 6.92 Å². The number of rotatable bonds is 7. The highest BCUT2D eigenvalue weighted by Gasteiger charge is 2.14. The van der Waals surface area contributed by atoms with Crippen molar-refractivity contribution in [3.05, 3.63) is 57.7 Å². The summed E-state index contributed by atoms with van der Waals surface area (Å²) in [6, 6.07) is 7.78. The summed E-state index contributed by atoms with van der Waals surface area (Å²) in [5, 5.41) is 10.1. The van der Waals surface area contributed by atoms with Crippen molar-refractivity contribution in [3.8, 4) is 5.75 Å². The van der Waals surface area contributed by atoms with Crippen LogP contribution in [0.1, 0.15) is 33.0 Å². The molecule has 9 nitrogen and oxygen atoms in total. The van der Waals surface area contributed by atoms with E-state index in [1.165, 1.54) is 7.11 Å². The fourth-order valence-corrected chi connectivity index (χ4v) is 2.81. The summed E-state index contributed by atoms with van der Waals surface area (Å²) in [7, 11) is 3.27. The van der Waals surface area contributed by atoms with Crippen molar-refractivity contribution in [3.63, 3.8) is 0 Å². The van der Waals surface area contributed by atoms with Crippen molar-refractivity contribution in [1.29, 1.82) is 0 Å². The highest BCUT2D eigenvalue weighted by Crippen LogP contribution is 2.22. The summed E-state index contributed by atoms with van der Waals surface area (Å²) in [5.41, 5.74) is 1.13. The second kappa shape index (κ2) is 8.59. The molecular weight excluding hydrogens is 376 g/mol. The number of hydrogen-bond donors (Lipinski definition) is 2. The van der Waals surface area contributed by atoms with E-state index in [4.69, 9.17) is 9.15 Å². The maximum Gasteiger partial charge on any atom is 0.337 e. The van der Waals surface area contributed by atoms with Crippen LogP contribution in [0.25, 0.3) is 11.0 Å². The Labute approximate surface area is 166 Å². The maximum atomic E-state index is 12.5. The summed E-state index contributed by atoms with van der Waals surface area (Å²) in [4.78, 5) is 36.3. The van der Waals surface area contributed by atoms with Crippen molar-refractivity contribution in [1.82, 2.24) is 20.4 Å². The van der Waals surface area contributed by atoms with E-state index in [0.717, 1.165) is 11.8 Å². The van der Waals surface area contributed by atoms with Crippen LogP contribution in [0.4, 0.5) is 0 Å². The zero-order valence-electron chi connectivity index (χ0n) is 16.4. The van der Waals surface area contributed by atoms with Crippen molar-refractivity contribution < 1.29 is 18.7 Å². The van der Waals surface area contributed by atoms with Gasteiger partial charge in [-0.25, -0.2) is 4.79 Å². The molecule has 0 saturated heterocycles. The Morgan fingerprint density at radius 3 is 2.52 bits per heavy atom. The van der Waals surface area contributed by atoms with E-state index in [-0.39, 0.29) is 23.0 Å². The molecule has 2 aromatic heterocycles. The molecule has 0 aliphatic heterocycles. The molecule has 3 rings (SSSR count). The zero-order valence-corrected chi connectivity index (χ0v) is 16.4. The topological polar surface area (TPSA) is 115 Å². The van der Waals surface area contributed by atoms with Gasteiger partial charge in [0.25, 0.3) is 11.8 Å². The first-order chi connectivity index (χ1) is 13.9. The lowest BCUT2D eigenvalue weighted by Crippen LogP contribution is -2.30. The molecule has 0 radical (unpaired) electrons. The van der Waals surface area contributed by atoms with Crippen molar-refractivity contribution in [2.75, 3.05) is 20.2 Å². The molecular formula is C20H22N4O5. The highest BCUT2D eigenvalue weighted by molar-refractivity contribution is 6.05. The number of hydrogen-bond acceptors (Lipinski definition) is 6. The van der Waals surface area contributed by atoms with Gasteiger partial charge < -0.3 is 19.8 Å². The zero-order chi connectivity index (χ0) is 21.0. The Balaban J connectivity index is 1.56. The average Bonchev–Trinajstić information content (AvgIpc) is 3.04. The van der Waals surface area contributed by atoms with Gasteiger partial charge in [0.1, 0.15) is 17.0 Å². The van der Waals surface area contributed by atoms with E-state index in [9.17, 15) is 14.4 Å². The summed E-state index contributed by atoms with van der Waals surface area (Å²) in [5.74, 6) is -0.127. The predicted molar refractivity (Wildman–Crippen MR) is 106 cm³/mol. The third kappa shape index (κ3) is 4.63. The third-order valence-corrected chi connectivity index (χ3v) is 4.47. The van der Waals surface area contributed by atoms with Crippen molar-refractivity contribution in [2.45, 2.75) is 13.3 Å². The molecule has 2 heterocycles. The second-order valence-electron chi connectivity index (χ2n) is 6.50. The quantitative estimate of drug-likeness (QED) is 0.459. The number of fused-ring (bicyclic) bond motifs is 1. The van der Waals surface area contributed by atoms with Gasteiger partial charge in [-0.15, -0.1) is 0 Å². The van der Waals surface area contributed by atoms with E-state index in [2.05, 4.69) is 15.7 Å². The molecule has 0 fully saturated rings. The number of benzene rings is 1. The van der Waals surface area contributed by atoms with E-state index >= 15 is 0 Å². The Morgan fingerprint density at radius 1 is 1.14 bits per heavy atom. The summed E-state index contributed by atoms with van der Waals surface area (Å²) < 4.78 is 11.9. The largest absolute Gasteiger partial charge is 0.497 e. The number of methoxy groups -OCH3 is 1. The Morgan fingerprint density at radius 2 is 1.86 bits per heavy atom. The number of nitrogens with one attached hydrogen (secondary N) is 2. The molecule has 1 aromatic carbocycles. The van der Waals surface area contributed by atoms with Gasteiger partial charge in [0.2, 0.25) is 0 Å². The number of aromatic nitrogens is 2. The minimum atomic E-state index is -0.617. The van der Waals surface area contributed by atoms with Gasteiger partial charge in [-0.1, -0.05) is 0 Å². The second-order valence-corrected chi connectivity index (χ2v) is 6.50. The van der Waals surface area contributed by atoms with Crippen LogP contribution in [0.2, 0.25) is 0 Å². The van der Waals surface area contributed by atoms with Crippen LogP contribution < -0.4 is 21.0 Å². The number of nitrogens with zero attached hydrogens (tertiary/aromatic N) is 2. The van der Waals surface area contributed by atoms with Gasteiger partial charge in [-0.3, -0.25) is 14.3 Å². The van der Waals surface area contributed by atoms with Crippen molar-refractivity contribution in [2.24, 2.45) is 7.05 Å². The monoisotopic (exact) mass is 398 g/mol. The SMILES string of the molecule is COc1ccc2c(C(=O)NCCCNC(=O)c3cc(C)n(C)n3)cc(=O)oc2c1. The van der Waals surface area contributed by atoms with E-state index in [1.54, 1.807) is 36.0 Å². The van der Waals surface area contributed by atoms with Gasteiger partial charge in [0.15, 0.2) is 0 Å². The molecule has 2 N–H and O–H groups in total. The molecule has 0 aliphatic rings. The molecule has 0 spiro atoms. The Kier molecular flexibility index (Phi) is 5.96. The minimum absolute atomic E-state index is 0.229. The first-order valence-corrected chi connectivity index (χ1v) is 9.08. The van der Waals surface area contributed by atoms with E-state index in [0.29, 0.717) is 36.3 Å². The number of carbonyl (C=O) groups excluding carboxylic acids is 2. The number of amides is 2. The number of aryl methyl sites for hydroxylation is 2. The Hall–Kier alpha value is -3.62. The molecule has 3 aromatic rings. The third-order valence-electron chi connectivity index (χ3n) is 4.47. The van der Waals surface area contributed by atoms with Crippen LogP contribution in [-0.2, 0) is 7.05 Å². The van der Waals surface area contributed by atoms with Gasteiger partial charge in [-0.05, 0) is 31.5 Å². The van der Waals surface area contributed by atoms with Crippen LogP contribution in [-0.4, -0.2) is 41.8 Å². The fraction of sp³-hybridized carbons (Fsp3) is 0.300. The first-order valence-electron chi connectivity index (χ1n) is 9.08.